The smallest absolute Gasteiger partial charge is 0.404 e. The van der Waals surface area contributed by atoms with E-state index in [0.29, 0.717) is 5.75 Å². The van der Waals surface area contributed by atoms with Gasteiger partial charge in [0, 0.05) is 5.41 Å². The molecule has 0 saturated carbocycles. The van der Waals surface area contributed by atoms with Gasteiger partial charge in [0.05, 0.1) is 6.54 Å². The molecule has 0 fully saturated rings. The van der Waals surface area contributed by atoms with Crippen LogP contribution in [0.4, 0.5) is 4.79 Å². The molecule has 2 rings (SSSR count). The van der Waals surface area contributed by atoms with Crippen LogP contribution in [0.15, 0.2) is 61.7 Å². The van der Waals surface area contributed by atoms with Crippen molar-refractivity contribution in [2.75, 3.05) is 6.54 Å². The summed E-state index contributed by atoms with van der Waals surface area (Å²) in [6.45, 7) is 16.1. The van der Waals surface area contributed by atoms with Crippen molar-refractivity contribution in [3.63, 3.8) is 0 Å². The molecule has 1 unspecified atom stereocenters. The van der Waals surface area contributed by atoms with Crippen molar-refractivity contribution in [1.29, 1.82) is 0 Å². The van der Waals surface area contributed by atoms with Crippen molar-refractivity contribution < 1.29 is 14.6 Å². The highest BCUT2D eigenvalue weighted by molar-refractivity contribution is 5.65. The van der Waals surface area contributed by atoms with Gasteiger partial charge in [0.15, 0.2) is 0 Å². The zero-order valence-electron chi connectivity index (χ0n) is 17.1. The molecule has 4 nitrogen and oxygen atoms in total. The molecule has 4 heteroatoms. The lowest BCUT2D eigenvalue weighted by molar-refractivity contribution is 0.119. The standard InChI is InChI=1S/C24H29NO3/c1-16(2)18-10-12-20(13-11-18)24(5,6)22(15-25-23(26)27)28-21-9-7-8-19(14-21)17(3)4/h7-14,22,25H,1,3,15H2,2,4-6H3,(H,26,27). The van der Waals surface area contributed by atoms with E-state index in [2.05, 4.69) is 32.3 Å². The van der Waals surface area contributed by atoms with Gasteiger partial charge in [-0.1, -0.05) is 74.5 Å². The van der Waals surface area contributed by atoms with Gasteiger partial charge in [-0.05, 0) is 42.7 Å². The molecule has 2 aromatic carbocycles. The van der Waals surface area contributed by atoms with Crippen LogP contribution in [0.25, 0.3) is 11.1 Å². The number of benzene rings is 2. The minimum Gasteiger partial charge on any atom is -0.488 e. The average Bonchev–Trinajstić information content (AvgIpc) is 2.65. The molecule has 28 heavy (non-hydrogen) atoms. The number of carbonyl (C=O) groups is 1. The highest BCUT2D eigenvalue weighted by Crippen LogP contribution is 2.32. The molecule has 0 spiro atoms. The van der Waals surface area contributed by atoms with E-state index < -0.39 is 17.6 Å². The lowest BCUT2D eigenvalue weighted by atomic mass is 9.78. The Morgan fingerprint density at radius 1 is 1.07 bits per heavy atom. The van der Waals surface area contributed by atoms with E-state index in [0.717, 1.165) is 27.8 Å². The zero-order chi connectivity index (χ0) is 20.9. The first-order valence-corrected chi connectivity index (χ1v) is 9.27. The minimum atomic E-state index is -1.07. The molecule has 1 atom stereocenters. The molecule has 0 bridgehead atoms. The van der Waals surface area contributed by atoms with E-state index in [4.69, 9.17) is 9.84 Å². The molecule has 0 radical (unpaired) electrons. The molecule has 2 N–H and O–H groups in total. The van der Waals surface area contributed by atoms with Gasteiger partial charge in [0.2, 0.25) is 0 Å². The van der Waals surface area contributed by atoms with Gasteiger partial charge in [-0.3, -0.25) is 0 Å². The number of amides is 1. The summed E-state index contributed by atoms with van der Waals surface area (Å²) in [7, 11) is 0. The second-order valence-corrected chi connectivity index (χ2v) is 7.68. The number of hydrogen-bond acceptors (Lipinski definition) is 2. The van der Waals surface area contributed by atoms with Crippen LogP contribution in [-0.2, 0) is 5.41 Å². The molecule has 0 aliphatic carbocycles. The molecule has 2 aromatic rings. The molecule has 0 aliphatic rings. The van der Waals surface area contributed by atoms with Crippen LogP contribution in [0.1, 0.15) is 44.4 Å². The summed E-state index contributed by atoms with van der Waals surface area (Å²) in [4.78, 5) is 11.1. The van der Waals surface area contributed by atoms with Gasteiger partial charge in [-0.2, -0.15) is 0 Å². The van der Waals surface area contributed by atoms with Gasteiger partial charge in [-0.15, -0.1) is 0 Å². The van der Waals surface area contributed by atoms with Crippen LogP contribution < -0.4 is 10.1 Å². The molecule has 0 saturated heterocycles. The van der Waals surface area contributed by atoms with E-state index in [1.165, 1.54) is 0 Å². The summed E-state index contributed by atoms with van der Waals surface area (Å²) in [6.07, 6.45) is -1.47. The van der Waals surface area contributed by atoms with Crippen LogP contribution in [0.5, 0.6) is 5.75 Å². The van der Waals surface area contributed by atoms with E-state index in [1.807, 2.05) is 62.4 Å². The number of carboxylic acid groups (broad SMARTS) is 1. The summed E-state index contributed by atoms with van der Waals surface area (Å²) in [5.41, 5.74) is 4.64. The van der Waals surface area contributed by atoms with Crippen LogP contribution in [0, 0.1) is 0 Å². The van der Waals surface area contributed by atoms with Crippen molar-refractivity contribution in [2.45, 2.75) is 39.2 Å². The summed E-state index contributed by atoms with van der Waals surface area (Å²) >= 11 is 0. The van der Waals surface area contributed by atoms with Gasteiger partial charge in [0.25, 0.3) is 0 Å². The summed E-state index contributed by atoms with van der Waals surface area (Å²) in [6, 6.07) is 15.8. The molecular formula is C24H29NO3. The zero-order valence-corrected chi connectivity index (χ0v) is 17.1. The predicted molar refractivity (Wildman–Crippen MR) is 116 cm³/mol. The third-order valence-electron chi connectivity index (χ3n) is 4.97. The van der Waals surface area contributed by atoms with E-state index in [1.54, 1.807) is 0 Å². The third kappa shape index (κ3) is 5.26. The summed E-state index contributed by atoms with van der Waals surface area (Å²) in [5, 5.41) is 11.6. The first-order valence-electron chi connectivity index (χ1n) is 9.27. The first-order chi connectivity index (χ1) is 13.1. The molecule has 1 amide bonds. The number of rotatable bonds is 8. The van der Waals surface area contributed by atoms with Crippen molar-refractivity contribution in [2.24, 2.45) is 0 Å². The number of ether oxygens (including phenoxy) is 1. The van der Waals surface area contributed by atoms with Crippen molar-refractivity contribution >= 4 is 17.2 Å². The molecule has 148 valence electrons. The molecular weight excluding hydrogens is 350 g/mol. The Morgan fingerprint density at radius 2 is 1.68 bits per heavy atom. The van der Waals surface area contributed by atoms with E-state index >= 15 is 0 Å². The SMILES string of the molecule is C=C(C)c1ccc(C(C)(C)C(CNC(=O)O)Oc2cccc(C(=C)C)c2)cc1. The highest BCUT2D eigenvalue weighted by Gasteiger charge is 2.33. The number of allylic oxidation sites excluding steroid dienone is 2. The minimum absolute atomic E-state index is 0.169. The highest BCUT2D eigenvalue weighted by atomic mass is 16.5. The van der Waals surface area contributed by atoms with E-state index in [-0.39, 0.29) is 6.54 Å². The lowest BCUT2D eigenvalue weighted by Crippen LogP contribution is -2.46. The Labute approximate surface area is 167 Å². The molecule has 0 aliphatic heterocycles. The fourth-order valence-corrected chi connectivity index (χ4v) is 2.99. The Morgan fingerprint density at radius 3 is 2.21 bits per heavy atom. The van der Waals surface area contributed by atoms with Crippen molar-refractivity contribution in [3.05, 3.63) is 78.4 Å². The van der Waals surface area contributed by atoms with Crippen LogP contribution >= 0.6 is 0 Å². The lowest BCUT2D eigenvalue weighted by Gasteiger charge is -2.35. The fourth-order valence-electron chi connectivity index (χ4n) is 2.99. The normalized spacial score (nSPS) is 12.1. The first kappa shape index (κ1) is 21.3. The van der Waals surface area contributed by atoms with Crippen LogP contribution in [0.2, 0.25) is 0 Å². The van der Waals surface area contributed by atoms with Crippen LogP contribution in [-0.4, -0.2) is 23.8 Å². The van der Waals surface area contributed by atoms with Gasteiger partial charge in [0.1, 0.15) is 11.9 Å². The fraction of sp³-hybridized carbons (Fsp3) is 0.292. The maximum Gasteiger partial charge on any atom is 0.404 e. The van der Waals surface area contributed by atoms with Crippen molar-refractivity contribution in [3.8, 4) is 5.75 Å². The summed E-state index contributed by atoms with van der Waals surface area (Å²) < 4.78 is 6.27. The number of nitrogens with one attached hydrogen (secondary N) is 1. The maximum atomic E-state index is 11.1. The Hall–Kier alpha value is -3.01. The molecule has 0 aromatic heterocycles. The topological polar surface area (TPSA) is 58.6 Å². The van der Waals surface area contributed by atoms with Crippen LogP contribution in [0.3, 0.4) is 0 Å². The van der Waals surface area contributed by atoms with E-state index in [9.17, 15) is 4.79 Å². The Balaban J connectivity index is 2.34. The molecule has 0 heterocycles. The second kappa shape index (κ2) is 8.79. The third-order valence-corrected chi connectivity index (χ3v) is 4.97. The average molecular weight is 380 g/mol. The van der Waals surface area contributed by atoms with Gasteiger partial charge >= 0.3 is 6.09 Å². The van der Waals surface area contributed by atoms with Gasteiger partial charge < -0.3 is 15.2 Å². The summed E-state index contributed by atoms with van der Waals surface area (Å²) in [5.74, 6) is 0.685. The quantitative estimate of drug-likeness (QED) is 0.614. The predicted octanol–water partition coefficient (Wildman–Crippen LogP) is 5.75. The van der Waals surface area contributed by atoms with Crippen molar-refractivity contribution in [1.82, 2.24) is 5.32 Å². The second-order valence-electron chi connectivity index (χ2n) is 7.68. The maximum absolute atomic E-state index is 11.1. The Bertz CT molecular complexity index is 866. The monoisotopic (exact) mass is 379 g/mol. The Kier molecular flexibility index (Phi) is 6.68. The largest absolute Gasteiger partial charge is 0.488 e. The van der Waals surface area contributed by atoms with Gasteiger partial charge in [-0.25, -0.2) is 4.79 Å². The number of hydrogen-bond donors (Lipinski definition) is 2.